The fourth-order valence-corrected chi connectivity index (χ4v) is 39.4. The maximum absolute atomic E-state index is 2.93. The number of rotatable bonds is 7. The van der Waals surface area contributed by atoms with E-state index in [1.165, 1.54) is 48.5 Å². The molecule has 0 bridgehead atoms. The van der Waals surface area contributed by atoms with Gasteiger partial charge >= 0.3 is 263 Å². The van der Waals surface area contributed by atoms with Crippen molar-refractivity contribution < 1.29 is 60.8 Å². The third kappa shape index (κ3) is 5.73. The zero-order valence-corrected chi connectivity index (χ0v) is 31.5. The Morgan fingerprint density at radius 3 is 2.61 bits per heavy atom. The number of hydrogen-bond donors (Lipinski definition) is 0. The molecule has 5 rings (SSSR count). The summed E-state index contributed by atoms with van der Waals surface area (Å²) in [6.45, 7) is 9.71. The van der Waals surface area contributed by atoms with Gasteiger partial charge in [-0.05, 0) is 0 Å². The summed E-state index contributed by atoms with van der Waals surface area (Å²) in [6, 6.07) is 12.6. The third-order valence-corrected chi connectivity index (χ3v) is 37.8. The molecule has 36 heavy (non-hydrogen) atoms. The predicted octanol–water partition coefficient (Wildman–Crippen LogP) is -0.780. The van der Waals surface area contributed by atoms with Crippen molar-refractivity contribution in [2.75, 3.05) is 13.8 Å². The number of fused-ring (bicyclic) bond motifs is 3. The van der Waals surface area contributed by atoms with Crippen LogP contribution in [0.4, 0.5) is 0 Å². The van der Waals surface area contributed by atoms with E-state index < -0.39 is 18.4 Å². The molecule has 0 spiro atoms. The van der Waals surface area contributed by atoms with Crippen LogP contribution in [0.3, 0.4) is 0 Å². The van der Waals surface area contributed by atoms with Crippen LogP contribution in [-0.4, -0.2) is 17.6 Å². The Morgan fingerprint density at radius 2 is 1.86 bits per heavy atom. The molecular formula is C32H45I4-. The molecule has 0 aromatic heterocycles. The topological polar surface area (TPSA) is 0 Å². The molecule has 202 valence electrons. The maximum atomic E-state index is 2.93. The van der Waals surface area contributed by atoms with Gasteiger partial charge in [-0.2, -0.15) is 0 Å². The summed E-state index contributed by atoms with van der Waals surface area (Å²) < 4.78 is 8.93. The van der Waals surface area contributed by atoms with Gasteiger partial charge in [-0.1, -0.05) is 0 Å². The Kier molecular flexibility index (Phi) is 10.0. The van der Waals surface area contributed by atoms with Crippen molar-refractivity contribution in [1.29, 1.82) is 0 Å². The van der Waals surface area contributed by atoms with Crippen LogP contribution in [0.15, 0.2) is 30.3 Å². The molecule has 4 unspecified atom stereocenters. The van der Waals surface area contributed by atoms with E-state index in [4.69, 9.17) is 0 Å². The molecule has 1 heterocycles. The molecule has 1 saturated carbocycles. The standard InChI is InChI=1S/C32H45I4/c1-6-34-31(33)28(26-14-10-11-22(3)23(26)4)20-36(5)29-18-17-24-16-15-21(2)19-27(24)30(29)35-32(36)25-12-8-7-9-13-25/h10-11,14,17-18,21,25,28,31-32H,6-9,12-13,15-16,19-20H2,1-5H3/q-1/t21?,28-,31?,32?/m0/s1. The molecule has 5 atom stereocenters. The summed E-state index contributed by atoms with van der Waals surface area (Å²) in [5, 5.41) is 0. The van der Waals surface area contributed by atoms with Crippen molar-refractivity contribution in [3.63, 3.8) is 0 Å². The van der Waals surface area contributed by atoms with Gasteiger partial charge < -0.3 is 0 Å². The van der Waals surface area contributed by atoms with E-state index in [0.717, 1.165) is 21.6 Å². The van der Waals surface area contributed by atoms with Gasteiger partial charge in [-0.3, -0.25) is 0 Å². The molecule has 0 amide bonds. The number of benzene rings is 2. The Bertz CT molecular complexity index is 1070. The summed E-state index contributed by atoms with van der Waals surface area (Å²) in [6.07, 6.45) is 11.7. The van der Waals surface area contributed by atoms with Gasteiger partial charge in [0.05, 0.1) is 0 Å². The first-order valence-corrected chi connectivity index (χ1v) is 26.4. The molecule has 4 heteroatoms. The van der Waals surface area contributed by atoms with Crippen molar-refractivity contribution in [3.05, 3.63) is 65.3 Å². The van der Waals surface area contributed by atoms with Crippen LogP contribution >= 0.6 is 22.6 Å². The quantitative estimate of drug-likeness (QED) is 0.253. The molecule has 2 aromatic carbocycles. The normalized spacial score (nSPS) is 29.8. The second kappa shape index (κ2) is 12.5. The van der Waals surface area contributed by atoms with Gasteiger partial charge in [-0.25, -0.2) is 0 Å². The van der Waals surface area contributed by atoms with Crippen LogP contribution in [-0.2, 0) is 12.8 Å². The second-order valence-electron chi connectivity index (χ2n) is 11.6. The molecule has 1 fully saturated rings. The number of alkyl halides is 7. The molecule has 1 aliphatic heterocycles. The molecule has 2 aromatic rings. The van der Waals surface area contributed by atoms with Crippen molar-refractivity contribution >= 4 is 22.6 Å². The first kappa shape index (κ1) is 28.9. The van der Waals surface area contributed by atoms with Gasteiger partial charge in [0.25, 0.3) is 0 Å². The molecule has 0 nitrogen and oxygen atoms in total. The Morgan fingerprint density at radius 1 is 1.08 bits per heavy atom. The van der Waals surface area contributed by atoms with Crippen LogP contribution in [0.5, 0.6) is 0 Å². The zero-order chi connectivity index (χ0) is 25.4. The number of aryl methyl sites for hydroxylation is 2. The van der Waals surface area contributed by atoms with E-state index in [-0.39, 0.29) is 42.4 Å². The average Bonchev–Trinajstić information content (AvgIpc) is 3.18. The zero-order valence-electron chi connectivity index (χ0n) is 22.9. The fourth-order valence-electron chi connectivity index (χ4n) is 6.80. The van der Waals surface area contributed by atoms with E-state index in [0.29, 0.717) is 0 Å². The van der Waals surface area contributed by atoms with E-state index in [1.54, 1.807) is 34.0 Å². The van der Waals surface area contributed by atoms with Gasteiger partial charge in [0, 0.05) is 0 Å². The summed E-state index contributed by atoms with van der Waals surface area (Å²) in [5.41, 5.74) is 8.43. The monoisotopic (exact) mass is 937 g/mol. The van der Waals surface area contributed by atoms with E-state index in [2.05, 4.69) is 85.5 Å². The summed E-state index contributed by atoms with van der Waals surface area (Å²) in [7, 11) is 0. The van der Waals surface area contributed by atoms with Crippen LogP contribution in [0.2, 0.25) is 0 Å². The van der Waals surface area contributed by atoms with Crippen LogP contribution in [0.25, 0.3) is 0 Å². The van der Waals surface area contributed by atoms with Gasteiger partial charge in [0.2, 0.25) is 0 Å². The van der Waals surface area contributed by atoms with Crippen LogP contribution < -0.4 is 60.8 Å². The average molecular weight is 937 g/mol. The Hall–Kier alpha value is 1.36. The minimum absolute atomic E-state index is 0.147. The van der Waals surface area contributed by atoms with E-state index in [9.17, 15) is 0 Å². The second-order valence-corrected chi connectivity index (χ2v) is 34.0. The van der Waals surface area contributed by atoms with Crippen LogP contribution in [0, 0.1) is 32.8 Å². The van der Waals surface area contributed by atoms with Gasteiger partial charge in [0.1, 0.15) is 0 Å². The van der Waals surface area contributed by atoms with E-state index in [1.807, 2.05) is 12.7 Å². The Balaban J connectivity index is 1.60. The van der Waals surface area contributed by atoms with Gasteiger partial charge in [-0.15, -0.1) is 0 Å². The predicted molar refractivity (Wildman–Crippen MR) is 153 cm³/mol. The summed E-state index contributed by atoms with van der Waals surface area (Å²) >= 11 is 1.10. The minimum atomic E-state index is -2.20. The molecular weight excluding hydrogens is 892 g/mol. The first-order valence-electron chi connectivity index (χ1n) is 14.1. The molecule has 0 N–H and O–H groups in total. The number of halogens is 4. The fraction of sp³-hybridized carbons (Fsp3) is 0.625. The third-order valence-electron chi connectivity index (χ3n) is 9.04. The van der Waals surface area contributed by atoms with Crippen LogP contribution in [0.1, 0.15) is 86.1 Å². The molecule has 3 aliphatic rings. The Labute approximate surface area is 259 Å². The summed E-state index contributed by atoms with van der Waals surface area (Å²) in [4.78, 5) is 2.93. The van der Waals surface area contributed by atoms with Crippen molar-refractivity contribution in [1.82, 2.24) is 0 Å². The van der Waals surface area contributed by atoms with Crippen molar-refractivity contribution in [3.8, 4) is 0 Å². The SMILES string of the molecule is CC[I-]C(I)[C@@H](C[I-]1(C)c2ccc3c(c2[I+]C1C1CCCCC1)CC(C)CC3)c1cccc(C)c1C. The van der Waals surface area contributed by atoms with Gasteiger partial charge in [0.15, 0.2) is 0 Å². The molecule has 0 radical (unpaired) electrons. The summed E-state index contributed by atoms with van der Waals surface area (Å²) in [5.74, 6) is 2.70. The van der Waals surface area contributed by atoms with Crippen molar-refractivity contribution in [2.45, 2.75) is 88.8 Å². The first-order chi connectivity index (χ1) is 17.3. The molecule has 0 saturated heterocycles. The molecule has 2 aliphatic carbocycles. The van der Waals surface area contributed by atoms with E-state index >= 15 is 0 Å². The van der Waals surface area contributed by atoms with Crippen molar-refractivity contribution in [2.24, 2.45) is 11.8 Å². The number of hydrogen-bond acceptors (Lipinski definition) is 0.